The van der Waals surface area contributed by atoms with Gasteiger partial charge in [0.2, 0.25) is 0 Å². The first-order valence-electron chi connectivity index (χ1n) is 10.7. The summed E-state index contributed by atoms with van der Waals surface area (Å²) in [6, 6.07) is 0.886. The molecule has 0 aromatic heterocycles. The number of fused-ring (bicyclic) bond motifs is 1. The maximum absolute atomic E-state index is 15.8. The van der Waals surface area contributed by atoms with Crippen molar-refractivity contribution in [2.24, 2.45) is 0 Å². The van der Waals surface area contributed by atoms with Crippen LogP contribution in [-0.4, -0.2) is 25.3 Å². The standard InChI is InChI=1S/C23H19F10N2O2/c1-2-37-20(36)35-15(10-34)9-17(16-8-12(21(25,26)27)3-4-18(16)35)19(24)11-5-13(22(28,29)30)7-14(6-11)23(31,32)33/h3-8,15,17,19,34H,2,9-10H2,1H3/q-1/t15-,17?,19-/m0/s1. The van der Waals surface area contributed by atoms with E-state index in [-0.39, 0.29) is 30.5 Å². The monoisotopic (exact) mass is 545 g/mol. The lowest BCUT2D eigenvalue weighted by molar-refractivity contribution is -0.143. The summed E-state index contributed by atoms with van der Waals surface area (Å²) in [5.74, 6) is -1.71. The third-order valence-corrected chi connectivity index (χ3v) is 5.89. The molecule has 14 heteroatoms. The number of hydrogen-bond donors (Lipinski definition) is 0. The van der Waals surface area contributed by atoms with Crippen molar-refractivity contribution in [3.8, 4) is 0 Å². The van der Waals surface area contributed by atoms with Gasteiger partial charge in [-0.3, -0.25) is 4.90 Å². The molecule has 37 heavy (non-hydrogen) atoms. The van der Waals surface area contributed by atoms with E-state index in [1.165, 1.54) is 6.92 Å². The molecule has 1 heterocycles. The number of carbonyl (C=O) groups excluding carboxylic acids is 1. The molecular weight excluding hydrogens is 526 g/mol. The lowest BCUT2D eigenvalue weighted by Crippen LogP contribution is -2.47. The molecular formula is C23H19F10N2O2-. The molecule has 0 radical (unpaired) electrons. The average Bonchev–Trinajstić information content (AvgIpc) is 2.80. The van der Waals surface area contributed by atoms with Crippen LogP contribution < -0.4 is 4.90 Å². The van der Waals surface area contributed by atoms with E-state index < -0.39 is 83.5 Å². The van der Waals surface area contributed by atoms with Gasteiger partial charge in [0.05, 0.1) is 29.0 Å². The highest BCUT2D eigenvalue weighted by Gasteiger charge is 2.43. The second-order valence-corrected chi connectivity index (χ2v) is 8.28. The number of nitrogens with zero attached hydrogens (tertiary/aromatic N) is 1. The van der Waals surface area contributed by atoms with Crippen molar-refractivity contribution in [3.63, 3.8) is 0 Å². The zero-order valence-electron chi connectivity index (χ0n) is 18.9. The van der Waals surface area contributed by atoms with Gasteiger partial charge in [0, 0.05) is 12.0 Å². The van der Waals surface area contributed by atoms with Crippen LogP contribution in [0.5, 0.6) is 0 Å². The number of anilines is 1. The van der Waals surface area contributed by atoms with Crippen molar-refractivity contribution in [2.45, 2.75) is 50.0 Å². The highest BCUT2D eigenvalue weighted by atomic mass is 19.4. The van der Waals surface area contributed by atoms with Gasteiger partial charge in [-0.1, -0.05) is 0 Å². The Hall–Kier alpha value is -3.03. The number of carbonyl (C=O) groups is 1. The normalized spacial score (nSPS) is 19.4. The van der Waals surface area contributed by atoms with Crippen LogP contribution in [0.15, 0.2) is 36.4 Å². The van der Waals surface area contributed by atoms with Gasteiger partial charge in [-0.05, 0) is 60.9 Å². The number of ether oxygens (including phenoxy) is 1. The Morgan fingerprint density at radius 1 is 0.946 bits per heavy atom. The minimum atomic E-state index is -5.27. The van der Waals surface area contributed by atoms with Gasteiger partial charge in [0.1, 0.15) is 6.17 Å². The topological polar surface area (TPSA) is 53.3 Å². The number of nitrogens with one attached hydrogen (secondary N) is 1. The molecule has 1 aliphatic rings. The summed E-state index contributed by atoms with van der Waals surface area (Å²) in [5.41, 5.74) is 1.11. The molecule has 1 amide bonds. The van der Waals surface area contributed by atoms with Crippen LogP contribution in [0.1, 0.15) is 53.3 Å². The number of benzene rings is 2. The Morgan fingerprint density at radius 2 is 1.49 bits per heavy atom. The van der Waals surface area contributed by atoms with E-state index in [1.54, 1.807) is 0 Å². The van der Waals surface area contributed by atoms with Crippen molar-refractivity contribution in [3.05, 3.63) is 69.9 Å². The zero-order valence-corrected chi connectivity index (χ0v) is 18.9. The van der Waals surface area contributed by atoms with Gasteiger partial charge in [-0.25, -0.2) is 9.18 Å². The van der Waals surface area contributed by atoms with Crippen LogP contribution in [0.4, 0.5) is 54.4 Å². The van der Waals surface area contributed by atoms with Crippen LogP contribution in [0.25, 0.3) is 5.73 Å². The summed E-state index contributed by atoms with van der Waals surface area (Å²) in [4.78, 5) is 13.4. The minimum absolute atomic E-state index is 0.143. The van der Waals surface area contributed by atoms with E-state index in [9.17, 15) is 44.3 Å². The fourth-order valence-corrected chi connectivity index (χ4v) is 4.23. The summed E-state index contributed by atoms with van der Waals surface area (Å²) in [7, 11) is 0. The molecule has 0 saturated carbocycles. The fourth-order valence-electron chi connectivity index (χ4n) is 4.23. The van der Waals surface area contributed by atoms with Gasteiger partial charge >= 0.3 is 24.6 Å². The van der Waals surface area contributed by atoms with E-state index in [1.807, 2.05) is 0 Å². The molecule has 204 valence electrons. The van der Waals surface area contributed by atoms with Gasteiger partial charge < -0.3 is 10.5 Å². The number of hydrogen-bond acceptors (Lipinski definition) is 2. The summed E-state index contributed by atoms with van der Waals surface area (Å²) in [5, 5.41) is 0. The Morgan fingerprint density at radius 3 is 1.95 bits per heavy atom. The van der Waals surface area contributed by atoms with Crippen molar-refractivity contribution < 1.29 is 53.4 Å². The number of alkyl halides is 10. The van der Waals surface area contributed by atoms with E-state index in [0.717, 1.165) is 11.0 Å². The van der Waals surface area contributed by atoms with Crippen LogP contribution in [-0.2, 0) is 23.3 Å². The first-order chi connectivity index (χ1) is 17.0. The first-order valence-corrected chi connectivity index (χ1v) is 10.7. The molecule has 4 nitrogen and oxygen atoms in total. The molecule has 1 aliphatic heterocycles. The molecule has 1 unspecified atom stereocenters. The first kappa shape index (κ1) is 28.5. The molecule has 0 bridgehead atoms. The molecule has 0 saturated heterocycles. The van der Waals surface area contributed by atoms with Crippen LogP contribution in [0.3, 0.4) is 0 Å². The molecule has 3 rings (SSSR count). The summed E-state index contributed by atoms with van der Waals surface area (Å²) in [6.07, 6.45) is -19.7. The van der Waals surface area contributed by atoms with E-state index in [4.69, 9.17) is 10.5 Å². The predicted octanol–water partition coefficient (Wildman–Crippen LogP) is 8.32. The fraction of sp³-hybridized carbons (Fsp3) is 0.435. The Kier molecular flexibility index (Phi) is 7.73. The van der Waals surface area contributed by atoms with Gasteiger partial charge in [-0.2, -0.15) is 39.5 Å². The zero-order chi connectivity index (χ0) is 27.9. The van der Waals surface area contributed by atoms with Crippen molar-refractivity contribution in [1.82, 2.24) is 0 Å². The SMILES string of the molecule is CCOC(=O)N1c2ccc(C(F)(F)F)cc2C([C@@H](F)c2cc(C(F)(F)F)cc(C(F)(F)F)c2)C[C@H]1C[NH-]. The average molecular weight is 545 g/mol. The smallest absolute Gasteiger partial charge is 0.416 e. The van der Waals surface area contributed by atoms with Gasteiger partial charge in [-0.15, -0.1) is 6.54 Å². The van der Waals surface area contributed by atoms with Crippen LogP contribution in [0.2, 0.25) is 0 Å². The van der Waals surface area contributed by atoms with Gasteiger partial charge in [0.15, 0.2) is 0 Å². The maximum atomic E-state index is 15.8. The molecule has 2 aromatic rings. The molecule has 2 aromatic carbocycles. The Balaban J connectivity index is 2.22. The second-order valence-electron chi connectivity index (χ2n) is 8.28. The second kappa shape index (κ2) is 10.0. The quantitative estimate of drug-likeness (QED) is 0.363. The van der Waals surface area contributed by atoms with Crippen LogP contribution in [0, 0.1) is 0 Å². The highest BCUT2D eigenvalue weighted by Crippen LogP contribution is 2.49. The van der Waals surface area contributed by atoms with Gasteiger partial charge in [0.25, 0.3) is 0 Å². The van der Waals surface area contributed by atoms with Crippen molar-refractivity contribution in [2.75, 3.05) is 18.1 Å². The molecule has 0 fully saturated rings. The molecule has 3 atom stereocenters. The highest BCUT2D eigenvalue weighted by molar-refractivity contribution is 5.90. The molecule has 0 aliphatic carbocycles. The lowest BCUT2D eigenvalue weighted by atomic mass is 9.79. The minimum Gasteiger partial charge on any atom is -0.676 e. The van der Waals surface area contributed by atoms with Crippen LogP contribution >= 0.6 is 0 Å². The Bertz CT molecular complexity index is 1110. The van der Waals surface area contributed by atoms with Crippen molar-refractivity contribution in [1.29, 1.82) is 0 Å². The summed E-state index contributed by atoms with van der Waals surface area (Å²) < 4.78 is 141. The third kappa shape index (κ3) is 5.94. The number of amides is 1. The largest absolute Gasteiger partial charge is 0.676 e. The summed E-state index contributed by atoms with van der Waals surface area (Å²) >= 11 is 0. The van der Waals surface area contributed by atoms with E-state index in [2.05, 4.69) is 0 Å². The number of rotatable bonds is 4. The maximum Gasteiger partial charge on any atom is 0.416 e. The third-order valence-electron chi connectivity index (χ3n) is 5.89. The van der Waals surface area contributed by atoms with E-state index in [0.29, 0.717) is 12.1 Å². The van der Waals surface area contributed by atoms with Crippen molar-refractivity contribution >= 4 is 11.8 Å². The molecule has 0 spiro atoms. The molecule has 1 N–H and O–H groups in total. The Labute approximate surface area is 204 Å². The van der Waals surface area contributed by atoms with E-state index >= 15 is 4.39 Å². The predicted molar refractivity (Wildman–Crippen MR) is 112 cm³/mol. The number of halogens is 10. The lowest BCUT2D eigenvalue weighted by Gasteiger charge is -2.42. The summed E-state index contributed by atoms with van der Waals surface area (Å²) in [6.45, 7) is 0.700.